The highest BCUT2D eigenvalue weighted by atomic mass is 35.5. The highest BCUT2D eigenvalue weighted by molar-refractivity contribution is 6.24. The Morgan fingerprint density at radius 3 is 2.84 bits per heavy atom. The van der Waals surface area contributed by atoms with Crippen molar-refractivity contribution in [2.24, 2.45) is 5.92 Å². The van der Waals surface area contributed by atoms with Gasteiger partial charge in [-0.1, -0.05) is 25.0 Å². The van der Waals surface area contributed by atoms with Crippen LogP contribution in [0.25, 0.3) is 0 Å². The van der Waals surface area contributed by atoms with Gasteiger partial charge in [-0.15, -0.1) is 11.6 Å². The van der Waals surface area contributed by atoms with Crippen molar-refractivity contribution in [2.75, 3.05) is 27.7 Å². The Morgan fingerprint density at radius 2 is 2.16 bits per heavy atom. The molecule has 0 amide bonds. The molecule has 0 aromatic heterocycles. The smallest absolute Gasteiger partial charge is 0.119 e. The molecule has 0 saturated heterocycles. The lowest BCUT2D eigenvalue weighted by molar-refractivity contribution is 0.207. The van der Waals surface area contributed by atoms with Crippen molar-refractivity contribution in [3.8, 4) is 5.75 Å². The van der Waals surface area contributed by atoms with Gasteiger partial charge in [0.25, 0.3) is 0 Å². The summed E-state index contributed by atoms with van der Waals surface area (Å²) in [5.74, 6) is 1.40. The maximum atomic E-state index is 7.06. The van der Waals surface area contributed by atoms with Gasteiger partial charge < -0.3 is 9.64 Å². The molecule has 2 atom stereocenters. The normalized spacial score (nSPS) is 27.5. The zero-order chi connectivity index (χ0) is 13.9. The summed E-state index contributed by atoms with van der Waals surface area (Å²) in [6.07, 6.45) is 4.76. The number of benzene rings is 1. The first-order valence-electron chi connectivity index (χ1n) is 7.04. The number of halogens is 1. The standard InChI is InChI=1S/C16H24ClNO/c1-18(2)12-14-7-4-5-10-16(14,17)13-8-6-9-15(11-13)19-3/h6,8-9,11,14H,4-5,7,10,12H2,1-3H3. The van der Waals surface area contributed by atoms with Crippen LogP contribution in [-0.4, -0.2) is 32.6 Å². The minimum Gasteiger partial charge on any atom is -0.497 e. The van der Waals surface area contributed by atoms with E-state index < -0.39 is 0 Å². The molecule has 19 heavy (non-hydrogen) atoms. The predicted octanol–water partition coefficient (Wildman–Crippen LogP) is 3.88. The fourth-order valence-electron chi connectivity index (χ4n) is 3.14. The van der Waals surface area contributed by atoms with E-state index in [0.29, 0.717) is 5.92 Å². The monoisotopic (exact) mass is 281 g/mol. The van der Waals surface area contributed by atoms with Crippen molar-refractivity contribution >= 4 is 11.6 Å². The molecule has 0 aliphatic heterocycles. The van der Waals surface area contributed by atoms with Crippen LogP contribution in [0.15, 0.2) is 24.3 Å². The minimum absolute atomic E-state index is 0.239. The number of alkyl halides is 1. The fourth-order valence-corrected chi connectivity index (χ4v) is 3.57. The van der Waals surface area contributed by atoms with Crippen LogP contribution in [0, 0.1) is 5.92 Å². The second kappa shape index (κ2) is 6.15. The lowest BCUT2D eigenvalue weighted by Crippen LogP contribution is -2.39. The Balaban J connectivity index is 2.30. The molecule has 1 fully saturated rings. The van der Waals surface area contributed by atoms with Crippen molar-refractivity contribution in [3.05, 3.63) is 29.8 Å². The molecule has 0 N–H and O–H groups in total. The predicted molar refractivity (Wildman–Crippen MR) is 81.0 cm³/mol. The van der Waals surface area contributed by atoms with E-state index >= 15 is 0 Å². The summed E-state index contributed by atoms with van der Waals surface area (Å²) in [7, 11) is 5.95. The maximum Gasteiger partial charge on any atom is 0.119 e. The number of ether oxygens (including phenoxy) is 1. The highest BCUT2D eigenvalue weighted by Crippen LogP contribution is 2.47. The van der Waals surface area contributed by atoms with E-state index in [1.807, 2.05) is 12.1 Å². The summed E-state index contributed by atoms with van der Waals surface area (Å²) >= 11 is 7.06. The van der Waals surface area contributed by atoms with Gasteiger partial charge in [0.1, 0.15) is 5.75 Å². The summed E-state index contributed by atoms with van der Waals surface area (Å²) < 4.78 is 5.34. The Labute approximate surface area is 121 Å². The molecule has 1 aromatic carbocycles. The van der Waals surface area contributed by atoms with Crippen LogP contribution in [-0.2, 0) is 4.87 Å². The van der Waals surface area contributed by atoms with E-state index in [1.54, 1.807) is 7.11 Å². The quantitative estimate of drug-likeness (QED) is 0.777. The third-order valence-electron chi connectivity index (χ3n) is 4.13. The van der Waals surface area contributed by atoms with Gasteiger partial charge in [-0.3, -0.25) is 0 Å². The average molecular weight is 282 g/mol. The summed E-state index contributed by atoms with van der Waals surface area (Å²) in [5, 5.41) is 0. The lowest BCUT2D eigenvalue weighted by Gasteiger charge is -2.41. The van der Waals surface area contributed by atoms with Crippen molar-refractivity contribution in [2.45, 2.75) is 30.6 Å². The molecule has 1 aromatic rings. The Bertz CT molecular complexity index is 421. The van der Waals surface area contributed by atoms with Gasteiger partial charge in [-0.2, -0.15) is 0 Å². The average Bonchev–Trinajstić information content (AvgIpc) is 2.41. The van der Waals surface area contributed by atoms with Crippen LogP contribution in [0.3, 0.4) is 0 Å². The van der Waals surface area contributed by atoms with E-state index in [0.717, 1.165) is 18.7 Å². The van der Waals surface area contributed by atoms with Crippen LogP contribution in [0.5, 0.6) is 5.75 Å². The molecular formula is C16H24ClNO. The molecule has 106 valence electrons. The molecule has 1 aliphatic rings. The van der Waals surface area contributed by atoms with Crippen LogP contribution in [0.4, 0.5) is 0 Å². The molecule has 2 rings (SSSR count). The van der Waals surface area contributed by atoms with Gasteiger partial charge in [-0.05, 0) is 50.6 Å². The van der Waals surface area contributed by atoms with Gasteiger partial charge in [-0.25, -0.2) is 0 Å². The maximum absolute atomic E-state index is 7.06. The van der Waals surface area contributed by atoms with Crippen LogP contribution < -0.4 is 4.74 Å². The zero-order valence-electron chi connectivity index (χ0n) is 12.2. The third-order valence-corrected chi connectivity index (χ3v) is 4.84. The van der Waals surface area contributed by atoms with Gasteiger partial charge >= 0.3 is 0 Å². The van der Waals surface area contributed by atoms with Gasteiger partial charge in [0.2, 0.25) is 0 Å². The molecule has 2 unspecified atom stereocenters. The number of nitrogens with zero attached hydrogens (tertiary/aromatic N) is 1. The van der Waals surface area contributed by atoms with Crippen LogP contribution >= 0.6 is 11.6 Å². The summed E-state index contributed by atoms with van der Waals surface area (Å²) in [5.41, 5.74) is 1.21. The molecule has 0 heterocycles. The Kier molecular flexibility index (Phi) is 4.75. The highest BCUT2D eigenvalue weighted by Gasteiger charge is 2.40. The number of hydrogen-bond acceptors (Lipinski definition) is 2. The van der Waals surface area contributed by atoms with Gasteiger partial charge in [0.05, 0.1) is 12.0 Å². The first-order chi connectivity index (χ1) is 9.06. The van der Waals surface area contributed by atoms with Crippen molar-refractivity contribution < 1.29 is 4.74 Å². The van der Waals surface area contributed by atoms with E-state index in [9.17, 15) is 0 Å². The summed E-state index contributed by atoms with van der Waals surface area (Å²) in [6, 6.07) is 8.26. The topological polar surface area (TPSA) is 12.5 Å². The van der Waals surface area contributed by atoms with E-state index in [1.165, 1.54) is 24.8 Å². The Hall–Kier alpha value is -0.730. The van der Waals surface area contributed by atoms with Crippen molar-refractivity contribution in [3.63, 3.8) is 0 Å². The molecule has 1 saturated carbocycles. The molecule has 3 heteroatoms. The van der Waals surface area contributed by atoms with E-state index in [4.69, 9.17) is 16.3 Å². The number of rotatable bonds is 4. The molecule has 0 radical (unpaired) electrons. The fraction of sp³-hybridized carbons (Fsp3) is 0.625. The number of methoxy groups -OCH3 is 1. The second-order valence-corrected chi connectivity index (χ2v) is 6.47. The second-order valence-electron chi connectivity index (χ2n) is 5.80. The molecular weight excluding hydrogens is 258 g/mol. The first-order valence-corrected chi connectivity index (χ1v) is 7.42. The summed E-state index contributed by atoms with van der Waals surface area (Å²) in [4.78, 5) is 2.00. The van der Waals surface area contributed by atoms with E-state index in [2.05, 4.69) is 31.1 Å². The lowest BCUT2D eigenvalue weighted by atomic mass is 9.74. The van der Waals surface area contributed by atoms with Crippen LogP contribution in [0.2, 0.25) is 0 Å². The zero-order valence-corrected chi connectivity index (χ0v) is 12.9. The van der Waals surface area contributed by atoms with Gasteiger partial charge in [0, 0.05) is 6.54 Å². The molecule has 2 nitrogen and oxygen atoms in total. The Morgan fingerprint density at radius 1 is 1.37 bits per heavy atom. The van der Waals surface area contributed by atoms with Crippen molar-refractivity contribution in [1.29, 1.82) is 0 Å². The number of hydrogen-bond donors (Lipinski definition) is 0. The first kappa shape index (κ1) is 14.7. The van der Waals surface area contributed by atoms with E-state index in [-0.39, 0.29) is 4.87 Å². The van der Waals surface area contributed by atoms with Gasteiger partial charge in [0.15, 0.2) is 0 Å². The molecule has 0 bridgehead atoms. The largest absolute Gasteiger partial charge is 0.497 e. The SMILES string of the molecule is COc1cccc(C2(Cl)CCCCC2CN(C)C)c1. The minimum atomic E-state index is -0.239. The van der Waals surface area contributed by atoms with Crippen molar-refractivity contribution in [1.82, 2.24) is 4.90 Å². The molecule has 1 aliphatic carbocycles. The summed E-state index contributed by atoms with van der Waals surface area (Å²) in [6.45, 7) is 1.04. The van der Waals surface area contributed by atoms with Crippen LogP contribution in [0.1, 0.15) is 31.2 Å². The molecule has 0 spiro atoms. The third kappa shape index (κ3) is 3.24.